The number of piperazine rings is 1. The Balaban J connectivity index is 0.000000442. The lowest BCUT2D eigenvalue weighted by atomic mass is 9.91. The second-order valence-electron chi connectivity index (χ2n) is 3.92. The summed E-state index contributed by atoms with van der Waals surface area (Å²) >= 11 is 0. The van der Waals surface area contributed by atoms with Crippen molar-refractivity contribution in [2.45, 2.75) is 53.0 Å². The largest absolute Gasteiger partial charge is 0.304 e. The van der Waals surface area contributed by atoms with E-state index in [4.69, 9.17) is 0 Å². The molecule has 1 aliphatic heterocycles. The van der Waals surface area contributed by atoms with Gasteiger partial charge in [0.2, 0.25) is 0 Å². The molecule has 2 rings (SSSR count). The average Bonchev–Trinajstić information content (AvgIpc) is 2.25. The SMILES string of the molecule is CC.CC.CN1CCN(C2CCC2)CC1. The Morgan fingerprint density at radius 1 is 0.800 bits per heavy atom. The molecule has 1 saturated heterocycles. The van der Waals surface area contributed by atoms with Crippen LogP contribution in [0.25, 0.3) is 0 Å². The molecule has 0 unspecified atom stereocenters. The van der Waals surface area contributed by atoms with Gasteiger partial charge in [0.1, 0.15) is 0 Å². The van der Waals surface area contributed by atoms with Crippen LogP contribution in [0.4, 0.5) is 0 Å². The van der Waals surface area contributed by atoms with Gasteiger partial charge < -0.3 is 4.90 Å². The molecular formula is C13H30N2. The molecule has 1 heterocycles. The van der Waals surface area contributed by atoms with Crippen molar-refractivity contribution in [1.82, 2.24) is 9.80 Å². The van der Waals surface area contributed by atoms with Crippen molar-refractivity contribution in [3.63, 3.8) is 0 Å². The molecule has 0 aromatic carbocycles. The van der Waals surface area contributed by atoms with Crippen LogP contribution >= 0.6 is 0 Å². The van der Waals surface area contributed by atoms with E-state index in [1.54, 1.807) is 0 Å². The van der Waals surface area contributed by atoms with Gasteiger partial charge in [0.05, 0.1) is 0 Å². The standard InChI is InChI=1S/C9H18N2.2C2H6/c1-10-5-7-11(8-6-10)9-3-2-4-9;2*1-2/h9H,2-8H2,1H3;2*1-2H3. The highest BCUT2D eigenvalue weighted by Gasteiger charge is 2.26. The van der Waals surface area contributed by atoms with Gasteiger partial charge in [0.25, 0.3) is 0 Å². The fourth-order valence-electron chi connectivity index (χ4n) is 1.94. The second kappa shape index (κ2) is 9.17. The van der Waals surface area contributed by atoms with E-state index in [0.29, 0.717) is 0 Å². The number of likely N-dealkylation sites (N-methyl/N-ethyl adjacent to an activating group) is 1. The van der Waals surface area contributed by atoms with Crippen LogP contribution in [-0.4, -0.2) is 49.1 Å². The summed E-state index contributed by atoms with van der Waals surface area (Å²) in [4.78, 5) is 5.10. The van der Waals surface area contributed by atoms with E-state index in [1.165, 1.54) is 45.4 Å². The molecule has 0 bridgehead atoms. The van der Waals surface area contributed by atoms with Gasteiger partial charge in [-0.05, 0) is 19.9 Å². The van der Waals surface area contributed by atoms with Gasteiger partial charge >= 0.3 is 0 Å². The van der Waals surface area contributed by atoms with Crippen molar-refractivity contribution >= 4 is 0 Å². The van der Waals surface area contributed by atoms with Crippen molar-refractivity contribution in [3.05, 3.63) is 0 Å². The highest BCUT2D eigenvalue weighted by molar-refractivity contribution is 4.82. The highest BCUT2D eigenvalue weighted by atomic mass is 15.3. The van der Waals surface area contributed by atoms with Crippen LogP contribution < -0.4 is 0 Å². The Bertz CT molecular complexity index is 124. The van der Waals surface area contributed by atoms with Crippen molar-refractivity contribution in [1.29, 1.82) is 0 Å². The zero-order valence-corrected chi connectivity index (χ0v) is 11.4. The zero-order chi connectivity index (χ0) is 11.7. The lowest BCUT2D eigenvalue weighted by molar-refractivity contribution is 0.0721. The van der Waals surface area contributed by atoms with Gasteiger partial charge in [0, 0.05) is 32.2 Å². The van der Waals surface area contributed by atoms with Crippen molar-refractivity contribution in [2.75, 3.05) is 33.2 Å². The normalized spacial score (nSPS) is 23.0. The first-order valence-electron chi connectivity index (χ1n) is 6.79. The van der Waals surface area contributed by atoms with Crippen LogP contribution in [-0.2, 0) is 0 Å². The maximum atomic E-state index is 2.67. The summed E-state index contributed by atoms with van der Waals surface area (Å²) in [5.41, 5.74) is 0. The summed E-state index contributed by atoms with van der Waals surface area (Å²) in [5.74, 6) is 0. The maximum Gasteiger partial charge on any atom is 0.0113 e. The lowest BCUT2D eigenvalue weighted by Gasteiger charge is -2.42. The quantitative estimate of drug-likeness (QED) is 0.662. The molecule has 2 aliphatic rings. The van der Waals surface area contributed by atoms with Crippen LogP contribution in [0.15, 0.2) is 0 Å². The predicted octanol–water partition coefficient (Wildman–Crippen LogP) is 2.84. The van der Waals surface area contributed by atoms with Crippen LogP contribution in [0.1, 0.15) is 47.0 Å². The van der Waals surface area contributed by atoms with Gasteiger partial charge in [0.15, 0.2) is 0 Å². The summed E-state index contributed by atoms with van der Waals surface area (Å²) in [6.45, 7) is 13.2. The number of hydrogen-bond donors (Lipinski definition) is 0. The minimum Gasteiger partial charge on any atom is -0.304 e. The first kappa shape index (κ1) is 14.9. The molecule has 92 valence electrons. The molecule has 2 nitrogen and oxygen atoms in total. The van der Waals surface area contributed by atoms with Crippen LogP contribution in [0.5, 0.6) is 0 Å². The van der Waals surface area contributed by atoms with Gasteiger partial charge in [-0.25, -0.2) is 0 Å². The summed E-state index contributed by atoms with van der Waals surface area (Å²) in [5, 5.41) is 0. The molecule has 0 N–H and O–H groups in total. The minimum atomic E-state index is 0.962. The third-order valence-electron chi connectivity index (χ3n) is 3.13. The van der Waals surface area contributed by atoms with Gasteiger partial charge in [-0.15, -0.1) is 0 Å². The topological polar surface area (TPSA) is 6.48 Å². The molecule has 2 heteroatoms. The Kier molecular flexibility index (Phi) is 9.12. The van der Waals surface area contributed by atoms with E-state index in [9.17, 15) is 0 Å². The summed E-state index contributed by atoms with van der Waals surface area (Å²) in [6, 6.07) is 0.962. The Morgan fingerprint density at radius 3 is 1.60 bits per heavy atom. The molecule has 0 aromatic rings. The Morgan fingerprint density at radius 2 is 1.27 bits per heavy atom. The van der Waals surface area contributed by atoms with E-state index >= 15 is 0 Å². The van der Waals surface area contributed by atoms with E-state index in [2.05, 4.69) is 16.8 Å². The van der Waals surface area contributed by atoms with E-state index < -0.39 is 0 Å². The molecule has 2 fully saturated rings. The van der Waals surface area contributed by atoms with Crippen molar-refractivity contribution in [3.8, 4) is 0 Å². The molecule has 1 saturated carbocycles. The van der Waals surface area contributed by atoms with Crippen LogP contribution in [0, 0.1) is 0 Å². The first-order valence-corrected chi connectivity index (χ1v) is 6.79. The van der Waals surface area contributed by atoms with Crippen molar-refractivity contribution in [2.24, 2.45) is 0 Å². The molecule has 0 atom stereocenters. The van der Waals surface area contributed by atoms with Crippen molar-refractivity contribution < 1.29 is 0 Å². The van der Waals surface area contributed by atoms with E-state index in [0.717, 1.165) is 6.04 Å². The van der Waals surface area contributed by atoms with Crippen LogP contribution in [0.2, 0.25) is 0 Å². The summed E-state index contributed by atoms with van der Waals surface area (Å²) in [7, 11) is 2.22. The lowest BCUT2D eigenvalue weighted by Crippen LogP contribution is -2.51. The fraction of sp³-hybridized carbons (Fsp3) is 1.00. The fourth-order valence-corrected chi connectivity index (χ4v) is 1.94. The third kappa shape index (κ3) is 4.98. The second-order valence-corrected chi connectivity index (χ2v) is 3.92. The van der Waals surface area contributed by atoms with Gasteiger partial charge in [-0.2, -0.15) is 0 Å². The first-order chi connectivity index (χ1) is 7.36. The molecular weight excluding hydrogens is 184 g/mol. The maximum absolute atomic E-state index is 2.67. The average molecular weight is 214 g/mol. The number of nitrogens with zero attached hydrogens (tertiary/aromatic N) is 2. The molecule has 15 heavy (non-hydrogen) atoms. The number of rotatable bonds is 1. The Labute approximate surface area is 96.6 Å². The minimum absolute atomic E-state index is 0.962. The highest BCUT2D eigenvalue weighted by Crippen LogP contribution is 2.25. The Hall–Kier alpha value is -0.0800. The molecule has 0 amide bonds. The molecule has 1 aliphatic carbocycles. The summed E-state index contributed by atoms with van der Waals surface area (Å²) < 4.78 is 0. The number of hydrogen-bond acceptors (Lipinski definition) is 2. The van der Waals surface area contributed by atoms with E-state index in [-0.39, 0.29) is 0 Å². The monoisotopic (exact) mass is 214 g/mol. The third-order valence-corrected chi connectivity index (χ3v) is 3.13. The smallest absolute Gasteiger partial charge is 0.0113 e. The molecule has 0 aromatic heterocycles. The molecule has 0 spiro atoms. The predicted molar refractivity (Wildman–Crippen MR) is 69.4 cm³/mol. The zero-order valence-electron chi connectivity index (χ0n) is 11.4. The van der Waals surface area contributed by atoms with E-state index in [1.807, 2.05) is 27.7 Å². The van der Waals surface area contributed by atoms with Crippen LogP contribution in [0.3, 0.4) is 0 Å². The van der Waals surface area contributed by atoms with Gasteiger partial charge in [-0.3, -0.25) is 4.90 Å². The summed E-state index contributed by atoms with van der Waals surface area (Å²) in [6.07, 6.45) is 4.39. The molecule has 0 radical (unpaired) electrons. The van der Waals surface area contributed by atoms with Gasteiger partial charge in [-0.1, -0.05) is 34.1 Å².